The Bertz CT molecular complexity index is 986. The van der Waals surface area contributed by atoms with Gasteiger partial charge in [-0.05, 0) is 42.5 Å². The largest absolute Gasteiger partial charge is 0.459 e. The van der Waals surface area contributed by atoms with Crippen LogP contribution in [0.2, 0.25) is 0 Å². The summed E-state index contributed by atoms with van der Waals surface area (Å²) in [5.74, 6) is 0.295. The second-order valence-corrected chi connectivity index (χ2v) is 7.48. The third kappa shape index (κ3) is 4.71. The third-order valence-electron chi connectivity index (χ3n) is 5.36. The Balaban J connectivity index is 1.37. The number of urea groups is 1. The van der Waals surface area contributed by atoms with Crippen molar-refractivity contribution in [1.29, 1.82) is 0 Å². The Hall–Kier alpha value is -3.54. The molecule has 0 spiro atoms. The van der Waals surface area contributed by atoms with E-state index in [0.29, 0.717) is 25.4 Å². The predicted octanol–water partition coefficient (Wildman–Crippen LogP) is 4.62. The summed E-state index contributed by atoms with van der Waals surface area (Å²) in [5.41, 5.74) is 2.85. The minimum absolute atomic E-state index is 0.111. The van der Waals surface area contributed by atoms with Gasteiger partial charge in [-0.25, -0.2) is 4.79 Å². The van der Waals surface area contributed by atoms with Crippen LogP contribution in [0.5, 0.6) is 0 Å². The summed E-state index contributed by atoms with van der Waals surface area (Å²) in [5, 5.41) is 5.97. The fourth-order valence-electron chi connectivity index (χ4n) is 3.80. The monoisotopic (exact) mass is 403 g/mol. The van der Waals surface area contributed by atoms with Crippen molar-refractivity contribution in [3.63, 3.8) is 0 Å². The minimum Gasteiger partial charge on any atom is -0.459 e. The van der Waals surface area contributed by atoms with Crippen molar-refractivity contribution < 1.29 is 14.0 Å². The highest BCUT2D eigenvalue weighted by Crippen LogP contribution is 2.28. The highest BCUT2D eigenvalue weighted by atomic mass is 16.3. The summed E-state index contributed by atoms with van der Waals surface area (Å²) in [6.45, 7) is 1.84. The molecule has 0 bridgehead atoms. The van der Waals surface area contributed by atoms with E-state index < -0.39 is 0 Å². The fourth-order valence-corrected chi connectivity index (χ4v) is 3.80. The van der Waals surface area contributed by atoms with E-state index in [1.54, 1.807) is 12.1 Å². The molecule has 4 rings (SSSR count). The van der Waals surface area contributed by atoms with Crippen molar-refractivity contribution in [2.24, 2.45) is 5.92 Å². The van der Waals surface area contributed by atoms with Crippen LogP contribution in [0.3, 0.4) is 0 Å². The van der Waals surface area contributed by atoms with Gasteiger partial charge in [0.25, 0.3) is 5.91 Å². The second kappa shape index (κ2) is 9.31. The van der Waals surface area contributed by atoms with Gasteiger partial charge in [0.15, 0.2) is 5.76 Å². The van der Waals surface area contributed by atoms with Crippen molar-refractivity contribution in [3.05, 3.63) is 78.8 Å². The van der Waals surface area contributed by atoms with Gasteiger partial charge in [0.2, 0.25) is 0 Å². The van der Waals surface area contributed by atoms with E-state index in [1.807, 2.05) is 59.5 Å². The fraction of sp³-hybridized carbons (Fsp3) is 0.250. The molecular weight excluding hydrogens is 378 g/mol. The standard InChI is InChI=1S/C24H25N3O3/c28-23(22-13-7-15-30-22)25-16-18-8-6-14-27(17-18)24(29)26-21-12-5-4-11-20(21)19-9-2-1-3-10-19/h1-5,7,9-13,15,18H,6,8,14,16-17H2,(H,25,28)(H,26,29). The van der Waals surface area contributed by atoms with Crippen molar-refractivity contribution in [2.75, 3.05) is 25.0 Å². The molecule has 0 saturated carbocycles. The first-order chi connectivity index (χ1) is 14.7. The van der Waals surface area contributed by atoms with Crippen LogP contribution >= 0.6 is 0 Å². The average molecular weight is 403 g/mol. The van der Waals surface area contributed by atoms with Crippen LogP contribution in [-0.2, 0) is 0 Å². The molecule has 0 radical (unpaired) electrons. The number of para-hydroxylation sites is 1. The number of nitrogens with zero attached hydrogens (tertiary/aromatic N) is 1. The van der Waals surface area contributed by atoms with Crippen molar-refractivity contribution in [2.45, 2.75) is 12.8 Å². The lowest BCUT2D eigenvalue weighted by molar-refractivity contribution is 0.0911. The molecule has 3 aromatic rings. The topological polar surface area (TPSA) is 74.6 Å². The van der Waals surface area contributed by atoms with Crippen LogP contribution in [0.1, 0.15) is 23.4 Å². The molecule has 6 nitrogen and oxygen atoms in total. The van der Waals surface area contributed by atoms with Gasteiger partial charge >= 0.3 is 6.03 Å². The molecule has 2 aromatic carbocycles. The summed E-state index contributed by atoms with van der Waals surface area (Å²) in [4.78, 5) is 26.8. The van der Waals surface area contributed by atoms with Gasteiger partial charge in [-0.2, -0.15) is 0 Å². The second-order valence-electron chi connectivity index (χ2n) is 7.48. The Kier molecular flexibility index (Phi) is 6.13. The zero-order valence-electron chi connectivity index (χ0n) is 16.7. The van der Waals surface area contributed by atoms with Gasteiger partial charge in [0.1, 0.15) is 0 Å². The van der Waals surface area contributed by atoms with Crippen LogP contribution in [0.15, 0.2) is 77.4 Å². The van der Waals surface area contributed by atoms with E-state index in [-0.39, 0.29) is 17.9 Å². The van der Waals surface area contributed by atoms with E-state index in [9.17, 15) is 9.59 Å². The number of nitrogens with one attached hydrogen (secondary N) is 2. The molecular formula is C24H25N3O3. The zero-order chi connectivity index (χ0) is 20.8. The van der Waals surface area contributed by atoms with Crippen LogP contribution < -0.4 is 10.6 Å². The van der Waals surface area contributed by atoms with Gasteiger partial charge in [-0.1, -0.05) is 48.5 Å². The van der Waals surface area contributed by atoms with E-state index in [1.165, 1.54) is 6.26 Å². The van der Waals surface area contributed by atoms with Gasteiger partial charge in [-0.3, -0.25) is 4.79 Å². The Morgan fingerprint density at radius 1 is 1.00 bits per heavy atom. The third-order valence-corrected chi connectivity index (χ3v) is 5.36. The molecule has 1 aliphatic rings. The molecule has 1 saturated heterocycles. The van der Waals surface area contributed by atoms with Crippen LogP contribution in [0.4, 0.5) is 10.5 Å². The Morgan fingerprint density at radius 2 is 1.80 bits per heavy atom. The summed E-state index contributed by atoms with van der Waals surface area (Å²) < 4.78 is 5.12. The molecule has 3 amide bonds. The smallest absolute Gasteiger partial charge is 0.321 e. The number of hydrogen-bond acceptors (Lipinski definition) is 3. The summed E-state index contributed by atoms with van der Waals surface area (Å²) >= 11 is 0. The molecule has 30 heavy (non-hydrogen) atoms. The molecule has 154 valence electrons. The van der Waals surface area contributed by atoms with Gasteiger partial charge in [-0.15, -0.1) is 0 Å². The van der Waals surface area contributed by atoms with E-state index in [2.05, 4.69) is 10.6 Å². The maximum Gasteiger partial charge on any atom is 0.321 e. The number of piperidine rings is 1. The average Bonchev–Trinajstić information content (AvgIpc) is 3.34. The van der Waals surface area contributed by atoms with Crippen molar-refractivity contribution in [3.8, 4) is 11.1 Å². The first kappa shape index (κ1) is 19.8. The highest BCUT2D eigenvalue weighted by Gasteiger charge is 2.25. The van der Waals surface area contributed by atoms with Gasteiger partial charge in [0, 0.05) is 25.2 Å². The van der Waals surface area contributed by atoms with Crippen molar-refractivity contribution in [1.82, 2.24) is 10.2 Å². The number of carbonyl (C=O) groups excluding carboxylic acids is 2. The molecule has 6 heteroatoms. The van der Waals surface area contributed by atoms with Gasteiger partial charge < -0.3 is 20.0 Å². The predicted molar refractivity (Wildman–Crippen MR) is 116 cm³/mol. The maximum atomic E-state index is 12.9. The minimum atomic E-state index is -0.224. The molecule has 1 aliphatic heterocycles. The lowest BCUT2D eigenvalue weighted by atomic mass is 9.98. The molecule has 1 atom stereocenters. The van der Waals surface area contributed by atoms with Gasteiger partial charge in [0.05, 0.1) is 12.0 Å². The van der Waals surface area contributed by atoms with E-state index in [0.717, 1.165) is 29.7 Å². The highest BCUT2D eigenvalue weighted by molar-refractivity contribution is 5.94. The summed E-state index contributed by atoms with van der Waals surface area (Å²) in [6.07, 6.45) is 3.37. The number of carbonyl (C=O) groups is 2. The first-order valence-electron chi connectivity index (χ1n) is 10.2. The molecule has 1 aromatic heterocycles. The van der Waals surface area contributed by atoms with E-state index >= 15 is 0 Å². The molecule has 1 fully saturated rings. The number of hydrogen-bond donors (Lipinski definition) is 2. The number of amides is 3. The zero-order valence-corrected chi connectivity index (χ0v) is 16.7. The number of anilines is 1. The molecule has 1 unspecified atom stereocenters. The lowest BCUT2D eigenvalue weighted by Crippen LogP contribution is -2.45. The molecule has 2 N–H and O–H groups in total. The molecule has 2 heterocycles. The normalized spacial score (nSPS) is 16.1. The quantitative estimate of drug-likeness (QED) is 0.653. The SMILES string of the molecule is O=C(NCC1CCCN(C(=O)Nc2ccccc2-c2ccccc2)C1)c1ccco1. The number of likely N-dealkylation sites (tertiary alicyclic amines) is 1. The van der Waals surface area contributed by atoms with Crippen molar-refractivity contribution >= 4 is 17.6 Å². The first-order valence-corrected chi connectivity index (χ1v) is 10.2. The maximum absolute atomic E-state index is 12.9. The Labute approximate surface area is 175 Å². The molecule has 0 aliphatic carbocycles. The summed E-state index contributed by atoms with van der Waals surface area (Å²) in [6, 6.07) is 21.0. The number of benzene rings is 2. The van der Waals surface area contributed by atoms with Crippen LogP contribution in [-0.4, -0.2) is 36.5 Å². The Morgan fingerprint density at radius 3 is 2.60 bits per heavy atom. The number of rotatable bonds is 5. The van der Waals surface area contributed by atoms with Crippen LogP contribution in [0.25, 0.3) is 11.1 Å². The van der Waals surface area contributed by atoms with E-state index in [4.69, 9.17) is 4.42 Å². The lowest BCUT2D eigenvalue weighted by Gasteiger charge is -2.33. The summed E-state index contributed by atoms with van der Waals surface area (Å²) in [7, 11) is 0. The number of furan rings is 1. The van der Waals surface area contributed by atoms with Crippen LogP contribution in [0, 0.1) is 5.92 Å².